The monoisotopic (exact) mass is 502 g/mol. The van der Waals surface area contributed by atoms with E-state index in [9.17, 15) is 4.79 Å². The summed E-state index contributed by atoms with van der Waals surface area (Å²) in [5, 5.41) is 8.45. The van der Waals surface area contributed by atoms with Crippen molar-refractivity contribution in [1.29, 1.82) is 0 Å². The van der Waals surface area contributed by atoms with Gasteiger partial charge < -0.3 is 9.64 Å². The molecule has 5 rings (SSSR count). The number of aromatic amines is 1. The van der Waals surface area contributed by atoms with Gasteiger partial charge in [0.25, 0.3) is 5.91 Å². The van der Waals surface area contributed by atoms with E-state index in [1.807, 2.05) is 117 Å². The maximum atomic E-state index is 12.8. The van der Waals surface area contributed by atoms with E-state index >= 15 is 0 Å². The summed E-state index contributed by atoms with van der Waals surface area (Å²) in [6, 6.07) is 28.2. The Morgan fingerprint density at radius 3 is 2.34 bits per heavy atom. The molecule has 0 aliphatic heterocycles. The largest absolute Gasteiger partial charge is 0.457 e. The fourth-order valence-corrected chi connectivity index (χ4v) is 3.63. The van der Waals surface area contributed by atoms with Crippen molar-refractivity contribution in [1.82, 2.24) is 15.2 Å². The Morgan fingerprint density at radius 2 is 1.61 bits per heavy atom. The summed E-state index contributed by atoms with van der Waals surface area (Å²) in [5.74, 6) is 1.23. The van der Waals surface area contributed by atoms with Crippen molar-refractivity contribution < 1.29 is 9.53 Å². The zero-order chi connectivity index (χ0) is 26.7. The van der Waals surface area contributed by atoms with Gasteiger partial charge in [0.1, 0.15) is 11.5 Å². The first kappa shape index (κ1) is 26.1. The summed E-state index contributed by atoms with van der Waals surface area (Å²) in [5.41, 5.74) is 3.94. The van der Waals surface area contributed by atoms with Crippen LogP contribution in [0.2, 0.25) is 0 Å². The first-order valence-electron chi connectivity index (χ1n) is 12.3. The fourth-order valence-electron chi connectivity index (χ4n) is 3.63. The summed E-state index contributed by atoms with van der Waals surface area (Å²) < 4.78 is 6.09. The molecule has 0 atom stereocenters. The first-order chi connectivity index (χ1) is 18.6. The minimum Gasteiger partial charge on any atom is -0.457 e. The summed E-state index contributed by atoms with van der Waals surface area (Å²) in [7, 11) is 1.76. The van der Waals surface area contributed by atoms with Crippen LogP contribution in [-0.4, -0.2) is 28.1 Å². The molecule has 6 heteroatoms. The molecular formula is C32H30N4O2. The second-order valence-corrected chi connectivity index (χ2v) is 8.40. The molecule has 0 radical (unpaired) electrons. The number of carbonyl (C=O) groups is 1. The van der Waals surface area contributed by atoms with Gasteiger partial charge in [-0.1, -0.05) is 42.5 Å². The quantitative estimate of drug-likeness (QED) is 0.241. The second-order valence-electron chi connectivity index (χ2n) is 8.40. The normalized spacial score (nSPS) is 10.9. The molecule has 190 valence electrons. The van der Waals surface area contributed by atoms with Crippen LogP contribution in [0, 0.1) is 0 Å². The minimum atomic E-state index is -0.0806. The number of nitrogens with one attached hydrogen (secondary N) is 1. The lowest BCUT2D eigenvalue weighted by atomic mass is 10.2. The minimum absolute atomic E-state index is 0.0806. The van der Waals surface area contributed by atoms with Gasteiger partial charge in [-0.25, -0.2) is 0 Å². The van der Waals surface area contributed by atoms with Crippen molar-refractivity contribution in [2.45, 2.75) is 13.8 Å². The second kappa shape index (κ2) is 12.8. The van der Waals surface area contributed by atoms with Gasteiger partial charge in [0.2, 0.25) is 0 Å². The molecule has 1 N–H and O–H groups in total. The number of anilines is 1. The smallest absolute Gasteiger partial charge is 0.258 e. The predicted molar refractivity (Wildman–Crippen MR) is 155 cm³/mol. The van der Waals surface area contributed by atoms with Gasteiger partial charge >= 0.3 is 0 Å². The van der Waals surface area contributed by atoms with Crippen LogP contribution in [-0.2, 0) is 0 Å². The Bertz CT molecular complexity index is 1540. The van der Waals surface area contributed by atoms with Gasteiger partial charge in [-0.05, 0) is 74.5 Å². The Balaban J connectivity index is 0.000000786. The summed E-state index contributed by atoms with van der Waals surface area (Å²) in [6.45, 7) is 4.00. The molecule has 0 aliphatic carbocycles. The number of pyridine rings is 1. The van der Waals surface area contributed by atoms with Gasteiger partial charge in [0.15, 0.2) is 0 Å². The van der Waals surface area contributed by atoms with E-state index in [-0.39, 0.29) is 5.91 Å². The highest BCUT2D eigenvalue weighted by Gasteiger charge is 2.14. The molecule has 0 unspecified atom stereocenters. The fraction of sp³-hybridized carbons (Fsp3) is 0.0938. The average Bonchev–Trinajstić information content (AvgIpc) is 3.38. The molecule has 2 heterocycles. The highest BCUT2D eigenvalue weighted by molar-refractivity contribution is 6.05. The Kier molecular flexibility index (Phi) is 8.81. The van der Waals surface area contributed by atoms with E-state index in [1.165, 1.54) is 0 Å². The van der Waals surface area contributed by atoms with Gasteiger partial charge in [0, 0.05) is 42.0 Å². The molecule has 2 aromatic heterocycles. The first-order valence-corrected chi connectivity index (χ1v) is 12.3. The number of allylic oxidation sites excluding steroid dienone is 2. The zero-order valence-corrected chi connectivity index (χ0v) is 21.7. The number of rotatable bonds is 6. The van der Waals surface area contributed by atoms with Crippen LogP contribution in [0.25, 0.3) is 23.1 Å². The Morgan fingerprint density at radius 1 is 0.842 bits per heavy atom. The van der Waals surface area contributed by atoms with Crippen LogP contribution < -0.4 is 9.64 Å². The van der Waals surface area contributed by atoms with Crippen molar-refractivity contribution in [3.05, 3.63) is 126 Å². The number of amides is 1. The third kappa shape index (κ3) is 6.62. The predicted octanol–water partition coefficient (Wildman–Crippen LogP) is 7.78. The lowest BCUT2D eigenvalue weighted by Gasteiger charge is -2.18. The summed E-state index contributed by atoms with van der Waals surface area (Å²) in [4.78, 5) is 18.7. The number of fused-ring (bicyclic) bond motifs is 1. The van der Waals surface area contributed by atoms with Crippen molar-refractivity contribution in [3.8, 4) is 11.5 Å². The third-order valence-corrected chi connectivity index (χ3v) is 5.76. The topological polar surface area (TPSA) is 71.1 Å². The molecule has 0 saturated carbocycles. The lowest BCUT2D eigenvalue weighted by Crippen LogP contribution is -2.26. The number of hydrogen-bond donors (Lipinski definition) is 1. The lowest BCUT2D eigenvalue weighted by molar-refractivity contribution is 0.0993. The molecule has 38 heavy (non-hydrogen) atoms. The highest BCUT2D eigenvalue weighted by atomic mass is 16.5. The molecule has 0 aliphatic rings. The van der Waals surface area contributed by atoms with E-state index in [4.69, 9.17) is 4.74 Å². The van der Waals surface area contributed by atoms with E-state index < -0.39 is 0 Å². The maximum Gasteiger partial charge on any atom is 0.258 e. The molecule has 1 amide bonds. The van der Waals surface area contributed by atoms with E-state index in [2.05, 4.69) is 15.2 Å². The molecule has 0 saturated heterocycles. The number of hydrogen-bond acceptors (Lipinski definition) is 4. The van der Waals surface area contributed by atoms with Crippen LogP contribution in [0.15, 0.2) is 109 Å². The van der Waals surface area contributed by atoms with E-state index in [0.29, 0.717) is 17.1 Å². The molecule has 0 fully saturated rings. The van der Waals surface area contributed by atoms with Gasteiger partial charge in [-0.15, -0.1) is 0 Å². The third-order valence-electron chi connectivity index (χ3n) is 5.76. The number of ether oxygens (including phenoxy) is 1. The molecule has 5 aromatic rings. The summed E-state index contributed by atoms with van der Waals surface area (Å²) >= 11 is 0. The van der Waals surface area contributed by atoms with Crippen molar-refractivity contribution >= 4 is 34.6 Å². The Labute approximate surface area is 222 Å². The van der Waals surface area contributed by atoms with Crippen LogP contribution in [0.3, 0.4) is 0 Å². The zero-order valence-electron chi connectivity index (χ0n) is 21.7. The van der Waals surface area contributed by atoms with E-state index in [0.717, 1.165) is 28.0 Å². The van der Waals surface area contributed by atoms with Gasteiger partial charge in [-0.3, -0.25) is 14.9 Å². The van der Waals surface area contributed by atoms with E-state index in [1.54, 1.807) is 30.3 Å². The van der Waals surface area contributed by atoms with Crippen molar-refractivity contribution in [2.75, 3.05) is 11.9 Å². The number of aromatic nitrogens is 3. The standard InChI is InChI=1S/C28H22N4O2.C4H8/c1-32(28(33)20-8-3-2-4-9-20)22-11-7-12-23(18-22)34-24-14-15-25-26(30-31-27(25)19-24)16-13-21-10-5-6-17-29-21;1-3-4-2/h2-19H,1H3,(H,30,31);3-4H,1-2H3/b16-13+;4-3+. The van der Waals surface area contributed by atoms with Crippen molar-refractivity contribution in [2.24, 2.45) is 0 Å². The van der Waals surface area contributed by atoms with Crippen LogP contribution in [0.4, 0.5) is 5.69 Å². The average molecular weight is 503 g/mol. The maximum absolute atomic E-state index is 12.8. The number of carbonyl (C=O) groups excluding carboxylic acids is 1. The molecule has 0 spiro atoms. The molecule has 6 nitrogen and oxygen atoms in total. The molecular weight excluding hydrogens is 472 g/mol. The number of benzene rings is 3. The van der Waals surface area contributed by atoms with Gasteiger partial charge in [-0.2, -0.15) is 5.10 Å². The molecule has 0 bridgehead atoms. The highest BCUT2D eigenvalue weighted by Crippen LogP contribution is 2.29. The van der Waals surface area contributed by atoms with Crippen LogP contribution in [0.1, 0.15) is 35.6 Å². The van der Waals surface area contributed by atoms with Crippen molar-refractivity contribution in [3.63, 3.8) is 0 Å². The van der Waals surface area contributed by atoms with Gasteiger partial charge in [0.05, 0.1) is 16.9 Å². The van der Waals surface area contributed by atoms with Crippen LogP contribution in [0.5, 0.6) is 11.5 Å². The van der Waals surface area contributed by atoms with Crippen LogP contribution >= 0.6 is 0 Å². The Hall–Kier alpha value is -4.97. The number of H-pyrrole nitrogens is 1. The molecule has 3 aromatic carbocycles. The number of nitrogens with zero attached hydrogens (tertiary/aromatic N) is 3. The summed E-state index contributed by atoms with van der Waals surface area (Å²) in [6.07, 6.45) is 9.62. The SMILES string of the molecule is C/C=C/C.CN(C(=O)c1ccccc1)c1cccc(Oc2ccc3c(/C=C/c4ccccn4)n[nH]c3c2)c1.